The van der Waals surface area contributed by atoms with E-state index in [0.717, 1.165) is 15.5 Å². The van der Waals surface area contributed by atoms with E-state index < -0.39 is 22.9 Å². The molecule has 0 N–H and O–H groups in total. The second-order valence-corrected chi connectivity index (χ2v) is 18.4. The maximum Gasteiger partial charge on any atom is -0.147 e. The van der Waals surface area contributed by atoms with E-state index in [1.54, 1.807) is 36.9 Å². The maximum atomic E-state index is 2.58. The van der Waals surface area contributed by atoms with Gasteiger partial charge in [-0.2, -0.15) is 0 Å². The molecule has 37 heavy (non-hydrogen) atoms. The van der Waals surface area contributed by atoms with Gasteiger partial charge >= 0.3 is 229 Å². The van der Waals surface area contributed by atoms with Crippen molar-refractivity contribution >= 4 is 64.9 Å². The third kappa shape index (κ3) is 7.62. The molecule has 0 nitrogen and oxygen atoms in total. The van der Waals surface area contributed by atoms with Crippen molar-refractivity contribution in [2.24, 2.45) is 22.7 Å². The van der Waals surface area contributed by atoms with E-state index >= 15 is 0 Å². The normalized spacial score (nSPS) is 30.6. The van der Waals surface area contributed by atoms with Gasteiger partial charge in [0.05, 0.1) is 0 Å². The molecule has 5 aliphatic rings. The Hall–Kier alpha value is 0.953. The van der Waals surface area contributed by atoms with Crippen molar-refractivity contribution in [3.63, 3.8) is 0 Å². The molecule has 0 saturated heterocycles. The van der Waals surface area contributed by atoms with Crippen LogP contribution in [0, 0.1) is 22.7 Å². The van der Waals surface area contributed by atoms with Crippen LogP contribution in [0.25, 0.3) is 6.08 Å². The zero-order valence-corrected chi connectivity index (χ0v) is 33.0. The molecule has 6 rings (SSSR count). The fourth-order valence-corrected chi connectivity index (χ4v) is 13.2. The topological polar surface area (TPSA) is 0 Å². The first-order valence-corrected chi connectivity index (χ1v) is 17.6. The van der Waals surface area contributed by atoms with Gasteiger partial charge in [-0.25, -0.2) is 0 Å². The van der Waals surface area contributed by atoms with Gasteiger partial charge in [0.25, 0.3) is 0 Å². The van der Waals surface area contributed by atoms with Gasteiger partial charge in [0.15, 0.2) is 0 Å². The van der Waals surface area contributed by atoms with Crippen LogP contribution in [0.4, 0.5) is 0 Å². The van der Waals surface area contributed by atoms with Crippen molar-refractivity contribution < 1.29 is 47.6 Å². The standard InChI is InChI=1S/C21H25.2C5H5.2BrH.2ClH.Hf.Zr/c1-20(2)13-14-21(3,19-10-6-9-18(19)20)17-12-11-15-7-4-5-8-16(15)17;2*1-2-4-5-3-1;;;;;;/h4-5,7-9,11-14,17-19H,6,10H2,1-3H3;2*1-3H,4H2;4*1H;;. The summed E-state index contributed by atoms with van der Waals surface area (Å²) in [5, 5.41) is 0. The molecule has 1 aromatic rings. The zero-order valence-electron chi connectivity index (χ0n) is 21.9. The molecule has 199 valence electrons. The van der Waals surface area contributed by atoms with Crippen molar-refractivity contribution in [1.82, 2.24) is 0 Å². The smallest absolute Gasteiger partial charge is 0.147 e. The second-order valence-electron chi connectivity index (χ2n) is 11.1. The molecule has 5 unspecified atom stereocenters. The van der Waals surface area contributed by atoms with Gasteiger partial charge in [-0.1, -0.05) is 0 Å². The van der Waals surface area contributed by atoms with Crippen molar-refractivity contribution in [3.8, 4) is 0 Å². The van der Waals surface area contributed by atoms with E-state index in [9.17, 15) is 0 Å². The summed E-state index contributed by atoms with van der Waals surface area (Å²) in [6, 6.07) is 8.98. The summed E-state index contributed by atoms with van der Waals surface area (Å²) in [7, 11) is 0. The predicted octanol–water partition coefficient (Wildman–Crippen LogP) is 10.5. The van der Waals surface area contributed by atoms with Crippen molar-refractivity contribution in [2.45, 2.75) is 56.0 Å². The Kier molecular flexibility index (Phi) is 14.8. The molecule has 0 amide bonds. The van der Waals surface area contributed by atoms with Crippen molar-refractivity contribution in [3.05, 3.63) is 96.7 Å². The minimum atomic E-state index is -0.526. The molecule has 1 saturated carbocycles. The summed E-state index contributed by atoms with van der Waals surface area (Å²) in [6.07, 6.45) is 28.9. The first kappa shape index (κ1) is 36.0. The second kappa shape index (κ2) is 15.3. The van der Waals surface area contributed by atoms with Crippen LogP contribution in [0.2, 0.25) is 3.63 Å². The molecule has 1 fully saturated rings. The minimum Gasteiger partial charge on any atom is -0.147 e. The van der Waals surface area contributed by atoms with Crippen LogP contribution in [0.1, 0.15) is 63.5 Å². The Morgan fingerprint density at radius 2 is 1.49 bits per heavy atom. The van der Waals surface area contributed by atoms with Crippen molar-refractivity contribution in [2.75, 3.05) is 0 Å². The molecule has 5 aliphatic carbocycles. The van der Waals surface area contributed by atoms with E-state index in [1.807, 2.05) is 0 Å². The van der Waals surface area contributed by atoms with Crippen LogP contribution in [0.5, 0.6) is 0 Å². The third-order valence-corrected chi connectivity index (χ3v) is 15.1. The number of hydrogen-bond acceptors (Lipinski definition) is 0. The Balaban J connectivity index is 0.000000394. The molecule has 0 spiro atoms. The first-order valence-electron chi connectivity index (χ1n) is 12.6. The fourth-order valence-electron chi connectivity index (χ4n) is 6.77. The molecule has 6 heteroatoms. The number of rotatable bonds is 3. The summed E-state index contributed by atoms with van der Waals surface area (Å²) < 4.78 is 4.44. The molecular weight excluding hydrogens is 873 g/mol. The first-order chi connectivity index (χ1) is 15.9. The van der Waals surface area contributed by atoms with Gasteiger partial charge in [-0.05, 0) is 0 Å². The van der Waals surface area contributed by atoms with Crippen LogP contribution in [-0.2, 0) is 47.6 Å². The summed E-state index contributed by atoms with van der Waals surface area (Å²) in [6.45, 7) is 7.45. The van der Waals surface area contributed by atoms with Gasteiger partial charge in [0, 0.05) is 0 Å². The third-order valence-electron chi connectivity index (χ3n) is 8.52. The van der Waals surface area contributed by atoms with Gasteiger partial charge in [-0.3, -0.25) is 0 Å². The predicted molar refractivity (Wildman–Crippen MR) is 168 cm³/mol. The fraction of sp³-hybridized carbons (Fsp3) is 0.419. The van der Waals surface area contributed by atoms with E-state index in [2.05, 4.69) is 106 Å². The van der Waals surface area contributed by atoms with Crippen LogP contribution >= 0.6 is 58.8 Å². The van der Waals surface area contributed by atoms with Crippen LogP contribution in [0.3, 0.4) is 0 Å². The van der Waals surface area contributed by atoms with Gasteiger partial charge in [0.2, 0.25) is 0 Å². The van der Waals surface area contributed by atoms with E-state index in [-0.39, 0.29) is 64.2 Å². The average Bonchev–Trinajstić information content (AvgIpc) is 3.59. The largest absolute Gasteiger partial charge is 0.147 e. The molecule has 0 bridgehead atoms. The maximum absolute atomic E-state index is 2.58. The van der Waals surface area contributed by atoms with Crippen LogP contribution in [-0.4, -0.2) is 0 Å². The molecular formula is C31H39Br2Cl2HfZr. The summed E-state index contributed by atoms with van der Waals surface area (Å²) in [5.41, 5.74) is 3.63. The number of benzene rings is 1. The van der Waals surface area contributed by atoms with Gasteiger partial charge < -0.3 is 0 Å². The SMILES string of the molecule is Br.Br.C1=CC[C]([Hf][C]2=CC=CC2)=C1.CC1(C)C=CC(C)(C2C=Cc3ccccc32)C2CC[CH]([Zr])C21.Cl.Cl. The Morgan fingerprint density at radius 1 is 0.865 bits per heavy atom. The van der Waals surface area contributed by atoms with E-state index in [0.29, 0.717) is 11.3 Å². The Labute approximate surface area is 284 Å². The van der Waals surface area contributed by atoms with Crippen LogP contribution < -0.4 is 0 Å². The minimum absolute atomic E-state index is 0. The monoisotopic (exact) mass is 909 g/mol. The van der Waals surface area contributed by atoms with E-state index in [1.165, 1.54) is 31.2 Å². The molecule has 0 radical (unpaired) electrons. The molecule has 0 aromatic heterocycles. The van der Waals surface area contributed by atoms with Gasteiger partial charge in [0.1, 0.15) is 0 Å². The summed E-state index contributed by atoms with van der Waals surface area (Å²) in [5.74, 6) is 2.25. The summed E-state index contributed by atoms with van der Waals surface area (Å²) >= 11 is 1.22. The molecule has 0 aliphatic heterocycles. The quantitative estimate of drug-likeness (QED) is 0.209. The molecule has 5 atom stereocenters. The number of hydrogen-bond donors (Lipinski definition) is 0. The van der Waals surface area contributed by atoms with Gasteiger partial charge in [-0.15, -0.1) is 58.8 Å². The average molecular weight is 912 g/mol. The molecule has 0 heterocycles. The number of allylic oxidation sites excluding steroid dienone is 11. The Bertz CT molecular complexity index is 1080. The Morgan fingerprint density at radius 3 is 2.08 bits per heavy atom. The number of halogens is 4. The molecule has 1 aromatic carbocycles. The van der Waals surface area contributed by atoms with E-state index in [4.69, 9.17) is 0 Å². The van der Waals surface area contributed by atoms with Crippen molar-refractivity contribution in [1.29, 1.82) is 0 Å². The van der Waals surface area contributed by atoms with Crippen LogP contribution in [0.15, 0.2) is 85.6 Å². The summed E-state index contributed by atoms with van der Waals surface area (Å²) in [4.78, 5) is 0. The number of fused-ring (bicyclic) bond motifs is 2. The zero-order chi connectivity index (χ0) is 23.1.